The van der Waals surface area contributed by atoms with Gasteiger partial charge in [-0.2, -0.15) is 0 Å². The minimum absolute atomic E-state index is 0.00814. The van der Waals surface area contributed by atoms with Crippen molar-refractivity contribution in [3.8, 4) is 0 Å². The Balaban J connectivity index is 1.75. The zero-order valence-electron chi connectivity index (χ0n) is 16.9. The summed E-state index contributed by atoms with van der Waals surface area (Å²) in [6.45, 7) is 1.93. The maximum Gasteiger partial charge on any atom is 0.301 e. The van der Waals surface area contributed by atoms with Gasteiger partial charge in [-0.25, -0.2) is 4.98 Å². The zero-order valence-corrected chi connectivity index (χ0v) is 18.5. The number of aliphatic hydroxyl groups is 1. The van der Waals surface area contributed by atoms with E-state index in [0.29, 0.717) is 21.3 Å². The highest BCUT2D eigenvalue weighted by Gasteiger charge is 2.48. The van der Waals surface area contributed by atoms with Gasteiger partial charge in [-0.05, 0) is 30.7 Å². The van der Waals surface area contributed by atoms with Crippen LogP contribution < -0.4 is 4.90 Å². The van der Waals surface area contributed by atoms with E-state index < -0.39 is 17.7 Å². The Hall–Kier alpha value is -3.48. The van der Waals surface area contributed by atoms with Crippen LogP contribution in [0.15, 0.2) is 78.4 Å². The SMILES string of the molecule is Cc1ccc(C(O)=C2C(=O)C(=O)N(c3nc4ccccc4s3)[C@H]2c2ccccc2Cl)cc1. The Morgan fingerprint density at radius 1 is 1.00 bits per heavy atom. The number of halogens is 1. The second-order valence-corrected chi connectivity index (χ2v) is 8.94. The van der Waals surface area contributed by atoms with Gasteiger partial charge in [0.15, 0.2) is 5.13 Å². The molecule has 0 spiro atoms. The summed E-state index contributed by atoms with van der Waals surface area (Å²) in [6.07, 6.45) is 0. The monoisotopic (exact) mass is 460 g/mol. The van der Waals surface area contributed by atoms with Crippen molar-refractivity contribution in [3.63, 3.8) is 0 Å². The predicted molar refractivity (Wildman–Crippen MR) is 127 cm³/mol. The number of nitrogens with zero attached hydrogens (tertiary/aromatic N) is 2. The third-order valence-corrected chi connectivity index (χ3v) is 6.84. The molecule has 0 bridgehead atoms. The molecule has 5 nitrogen and oxygen atoms in total. The number of Topliss-reactive ketones (excluding diaryl/α,β-unsaturated/α-hetero) is 1. The second-order valence-electron chi connectivity index (χ2n) is 7.52. The van der Waals surface area contributed by atoms with Crippen LogP contribution in [0.25, 0.3) is 16.0 Å². The molecule has 3 aromatic carbocycles. The van der Waals surface area contributed by atoms with Crippen LogP contribution in [-0.4, -0.2) is 21.8 Å². The van der Waals surface area contributed by atoms with Gasteiger partial charge in [0.25, 0.3) is 5.78 Å². The first-order valence-electron chi connectivity index (χ1n) is 9.94. The summed E-state index contributed by atoms with van der Waals surface area (Å²) >= 11 is 7.81. The molecule has 2 heterocycles. The molecule has 7 heteroatoms. The highest BCUT2D eigenvalue weighted by atomic mass is 35.5. The zero-order chi connectivity index (χ0) is 22.4. The fourth-order valence-electron chi connectivity index (χ4n) is 3.85. The fourth-order valence-corrected chi connectivity index (χ4v) is 5.08. The van der Waals surface area contributed by atoms with E-state index in [-0.39, 0.29) is 11.3 Å². The van der Waals surface area contributed by atoms with Gasteiger partial charge in [-0.1, -0.05) is 83.1 Å². The Kier molecular flexibility index (Phi) is 5.04. The number of fused-ring (bicyclic) bond motifs is 1. The molecule has 1 N–H and O–H groups in total. The van der Waals surface area contributed by atoms with Crippen LogP contribution in [-0.2, 0) is 9.59 Å². The van der Waals surface area contributed by atoms with Crippen LogP contribution in [0.2, 0.25) is 5.02 Å². The maximum atomic E-state index is 13.2. The number of aliphatic hydroxyl groups excluding tert-OH is 1. The molecular weight excluding hydrogens is 444 g/mol. The Bertz CT molecular complexity index is 1380. The summed E-state index contributed by atoms with van der Waals surface area (Å²) in [4.78, 5) is 32.4. The number of rotatable bonds is 3. The van der Waals surface area contributed by atoms with E-state index in [1.54, 1.807) is 36.4 Å². The van der Waals surface area contributed by atoms with Crippen LogP contribution in [0.4, 0.5) is 5.13 Å². The number of aryl methyl sites for hydroxylation is 1. The summed E-state index contributed by atoms with van der Waals surface area (Å²) in [5.74, 6) is -1.76. The van der Waals surface area contributed by atoms with E-state index in [1.165, 1.54) is 16.2 Å². The molecule has 1 atom stereocenters. The summed E-state index contributed by atoms with van der Waals surface area (Å²) in [7, 11) is 0. The van der Waals surface area contributed by atoms with E-state index in [1.807, 2.05) is 43.3 Å². The summed E-state index contributed by atoms with van der Waals surface area (Å²) in [5.41, 5.74) is 2.73. The fraction of sp³-hybridized carbons (Fsp3) is 0.0800. The first kappa shape index (κ1) is 20.4. The van der Waals surface area contributed by atoms with Crippen molar-refractivity contribution >= 4 is 55.7 Å². The molecule has 1 aromatic heterocycles. The van der Waals surface area contributed by atoms with E-state index >= 15 is 0 Å². The molecule has 1 fully saturated rings. The Morgan fingerprint density at radius 2 is 1.69 bits per heavy atom. The van der Waals surface area contributed by atoms with Crippen molar-refractivity contribution in [1.82, 2.24) is 4.98 Å². The number of para-hydroxylation sites is 1. The number of carbonyl (C=O) groups excluding carboxylic acids is 2. The van der Waals surface area contributed by atoms with Crippen LogP contribution in [0, 0.1) is 6.92 Å². The van der Waals surface area contributed by atoms with Crippen molar-refractivity contribution < 1.29 is 14.7 Å². The Morgan fingerprint density at radius 3 is 2.41 bits per heavy atom. The number of ketones is 1. The average Bonchev–Trinajstić information content (AvgIpc) is 3.33. The highest BCUT2D eigenvalue weighted by Crippen LogP contribution is 2.45. The number of aromatic nitrogens is 1. The highest BCUT2D eigenvalue weighted by molar-refractivity contribution is 7.22. The molecule has 1 amide bonds. The van der Waals surface area contributed by atoms with E-state index in [0.717, 1.165) is 15.8 Å². The summed E-state index contributed by atoms with van der Waals surface area (Å²) < 4.78 is 0.890. The number of hydrogen-bond donors (Lipinski definition) is 1. The molecule has 4 aromatic rings. The molecule has 32 heavy (non-hydrogen) atoms. The van der Waals surface area contributed by atoms with Crippen molar-refractivity contribution in [2.75, 3.05) is 4.90 Å². The lowest BCUT2D eigenvalue weighted by molar-refractivity contribution is -0.132. The third-order valence-electron chi connectivity index (χ3n) is 5.46. The van der Waals surface area contributed by atoms with Gasteiger partial charge >= 0.3 is 5.91 Å². The number of thiazole rings is 1. The standard InChI is InChI=1S/C25H17ClN2O3S/c1-14-10-12-15(13-11-14)22(29)20-21(16-6-2-3-7-17(16)26)28(24(31)23(20)30)25-27-18-8-4-5-9-19(18)32-25/h2-13,21,29H,1H3/t21-/m0/s1. The molecule has 5 rings (SSSR count). The molecule has 1 aliphatic rings. The number of hydrogen-bond acceptors (Lipinski definition) is 5. The van der Waals surface area contributed by atoms with Crippen LogP contribution in [0.5, 0.6) is 0 Å². The molecule has 0 unspecified atom stereocenters. The van der Waals surface area contributed by atoms with Crippen molar-refractivity contribution in [1.29, 1.82) is 0 Å². The minimum atomic E-state index is -0.898. The maximum absolute atomic E-state index is 13.2. The van der Waals surface area contributed by atoms with Gasteiger partial charge in [0.05, 0.1) is 21.8 Å². The van der Waals surface area contributed by atoms with E-state index in [9.17, 15) is 14.7 Å². The van der Waals surface area contributed by atoms with Crippen LogP contribution in [0.1, 0.15) is 22.7 Å². The summed E-state index contributed by atoms with van der Waals surface area (Å²) in [5, 5.41) is 11.9. The average molecular weight is 461 g/mol. The van der Waals surface area contributed by atoms with Crippen LogP contribution in [0.3, 0.4) is 0 Å². The Labute approximate surface area is 193 Å². The van der Waals surface area contributed by atoms with Gasteiger partial charge in [0, 0.05) is 10.6 Å². The topological polar surface area (TPSA) is 70.5 Å². The quantitative estimate of drug-likeness (QED) is 0.235. The number of carbonyl (C=O) groups is 2. The van der Waals surface area contributed by atoms with Crippen molar-refractivity contribution in [2.24, 2.45) is 0 Å². The second kappa shape index (κ2) is 7.89. The lowest BCUT2D eigenvalue weighted by Gasteiger charge is -2.23. The smallest absolute Gasteiger partial charge is 0.301 e. The lowest BCUT2D eigenvalue weighted by Crippen LogP contribution is -2.29. The predicted octanol–water partition coefficient (Wildman–Crippen LogP) is 5.88. The molecule has 0 aliphatic carbocycles. The van der Waals surface area contributed by atoms with Gasteiger partial charge in [0.1, 0.15) is 5.76 Å². The number of anilines is 1. The normalized spacial score (nSPS) is 17.9. The molecule has 0 radical (unpaired) electrons. The van der Waals surface area contributed by atoms with Crippen molar-refractivity contribution in [3.05, 3.63) is 100 Å². The van der Waals surface area contributed by atoms with E-state index in [2.05, 4.69) is 4.98 Å². The third kappa shape index (κ3) is 3.28. The number of benzene rings is 3. The number of amides is 1. The minimum Gasteiger partial charge on any atom is -0.507 e. The first-order chi connectivity index (χ1) is 15.5. The first-order valence-corrected chi connectivity index (χ1v) is 11.1. The van der Waals surface area contributed by atoms with Gasteiger partial charge in [-0.3, -0.25) is 14.5 Å². The molecule has 0 saturated carbocycles. The summed E-state index contributed by atoms with van der Waals surface area (Å²) in [6, 6.07) is 20.7. The van der Waals surface area contributed by atoms with Crippen molar-refractivity contribution in [2.45, 2.75) is 13.0 Å². The van der Waals surface area contributed by atoms with E-state index in [4.69, 9.17) is 11.6 Å². The van der Waals surface area contributed by atoms with Crippen LogP contribution >= 0.6 is 22.9 Å². The lowest BCUT2D eigenvalue weighted by atomic mass is 9.95. The van der Waals surface area contributed by atoms with Gasteiger partial charge in [-0.15, -0.1) is 0 Å². The largest absolute Gasteiger partial charge is 0.507 e. The van der Waals surface area contributed by atoms with Gasteiger partial charge < -0.3 is 5.11 Å². The molecule has 1 aliphatic heterocycles. The van der Waals surface area contributed by atoms with Gasteiger partial charge in [0.2, 0.25) is 0 Å². The molecule has 158 valence electrons. The molecular formula is C25H17ClN2O3S. The molecule has 1 saturated heterocycles.